The van der Waals surface area contributed by atoms with Gasteiger partial charge in [-0.3, -0.25) is 14.9 Å². The minimum absolute atomic E-state index is 0.142. The van der Waals surface area contributed by atoms with Crippen LogP contribution >= 0.6 is 0 Å². The Bertz CT molecular complexity index is 1170. The lowest BCUT2D eigenvalue weighted by molar-refractivity contribution is -0.384. The number of imidazole rings is 1. The molecule has 1 aliphatic heterocycles. The molecule has 0 amide bonds. The molecule has 31 heavy (non-hydrogen) atoms. The molecule has 0 radical (unpaired) electrons. The number of aromatic nitrogens is 2. The van der Waals surface area contributed by atoms with Crippen molar-refractivity contribution in [3.05, 3.63) is 88.0 Å². The third-order valence-electron chi connectivity index (χ3n) is 5.75. The fraction of sp³-hybridized carbons (Fsp3) is 0.261. The highest BCUT2D eigenvalue weighted by molar-refractivity contribution is 6.07. The van der Waals surface area contributed by atoms with Crippen molar-refractivity contribution in [3.8, 4) is 6.07 Å². The van der Waals surface area contributed by atoms with Crippen LogP contribution in [-0.4, -0.2) is 32.8 Å². The topological polar surface area (TPSA) is 105 Å². The molecule has 1 saturated heterocycles. The predicted molar refractivity (Wildman–Crippen MR) is 115 cm³/mol. The van der Waals surface area contributed by atoms with Crippen molar-refractivity contribution in [2.45, 2.75) is 24.8 Å². The van der Waals surface area contributed by atoms with Crippen LogP contribution in [0.2, 0.25) is 0 Å². The Morgan fingerprint density at radius 1 is 1.29 bits per heavy atom. The second kappa shape index (κ2) is 8.40. The summed E-state index contributed by atoms with van der Waals surface area (Å²) >= 11 is 0. The number of nitriles is 1. The van der Waals surface area contributed by atoms with Crippen molar-refractivity contribution < 1.29 is 9.72 Å². The molecule has 156 valence electrons. The molecule has 0 aliphatic carbocycles. The van der Waals surface area contributed by atoms with Crippen molar-refractivity contribution in [3.63, 3.8) is 0 Å². The summed E-state index contributed by atoms with van der Waals surface area (Å²) in [6.45, 7) is 0.614. The number of nitro groups is 1. The van der Waals surface area contributed by atoms with Gasteiger partial charge in [-0.15, -0.1) is 0 Å². The van der Waals surface area contributed by atoms with Crippen molar-refractivity contribution in [2.75, 3.05) is 11.4 Å². The number of carbonyl (C=O) groups is 1. The van der Waals surface area contributed by atoms with Crippen LogP contribution in [0.4, 0.5) is 11.4 Å². The lowest BCUT2D eigenvalue weighted by Crippen LogP contribution is -2.34. The Labute approximate surface area is 179 Å². The average molecular weight is 415 g/mol. The Morgan fingerprint density at radius 2 is 2.06 bits per heavy atom. The fourth-order valence-electron chi connectivity index (χ4n) is 4.25. The molecule has 3 aromatic rings. The Hall–Kier alpha value is -3.99. The molecule has 2 atom stereocenters. The molecular weight excluding hydrogens is 394 g/mol. The van der Waals surface area contributed by atoms with Gasteiger partial charge in [0.15, 0.2) is 5.82 Å². The highest BCUT2D eigenvalue weighted by Gasteiger charge is 2.36. The van der Waals surface area contributed by atoms with E-state index in [1.807, 2.05) is 35.2 Å². The second-order valence-corrected chi connectivity index (χ2v) is 7.57. The first kappa shape index (κ1) is 20.3. The third-order valence-corrected chi connectivity index (χ3v) is 5.75. The average Bonchev–Trinajstić information content (AvgIpc) is 3.43. The molecule has 8 nitrogen and oxygen atoms in total. The van der Waals surface area contributed by atoms with Crippen LogP contribution in [0.3, 0.4) is 0 Å². The Morgan fingerprint density at radius 3 is 2.71 bits per heavy atom. The molecule has 0 N–H and O–H groups in total. The fourth-order valence-corrected chi connectivity index (χ4v) is 4.25. The van der Waals surface area contributed by atoms with Gasteiger partial charge in [-0.05, 0) is 30.5 Å². The first-order valence-corrected chi connectivity index (χ1v) is 10.0. The molecular formula is C23H21N5O3. The zero-order valence-electron chi connectivity index (χ0n) is 17.0. The van der Waals surface area contributed by atoms with E-state index < -0.39 is 10.8 Å². The van der Waals surface area contributed by atoms with Crippen LogP contribution in [-0.2, 0) is 7.05 Å². The van der Waals surface area contributed by atoms with E-state index >= 15 is 0 Å². The molecule has 4 rings (SSSR count). The maximum absolute atomic E-state index is 12.8. The van der Waals surface area contributed by atoms with Gasteiger partial charge in [-0.1, -0.05) is 30.3 Å². The van der Waals surface area contributed by atoms with Crippen molar-refractivity contribution in [1.29, 1.82) is 5.26 Å². The monoisotopic (exact) mass is 415 g/mol. The Balaban J connectivity index is 1.71. The molecule has 0 saturated carbocycles. The maximum Gasteiger partial charge on any atom is 0.293 e. The van der Waals surface area contributed by atoms with E-state index in [2.05, 4.69) is 11.1 Å². The highest BCUT2D eigenvalue weighted by Crippen LogP contribution is 2.39. The number of anilines is 1. The quantitative estimate of drug-likeness (QED) is 0.344. The van der Waals surface area contributed by atoms with Gasteiger partial charge >= 0.3 is 0 Å². The Kier molecular flexibility index (Phi) is 5.50. The molecule has 2 unspecified atom stereocenters. The first-order valence-electron chi connectivity index (χ1n) is 10.0. The summed E-state index contributed by atoms with van der Waals surface area (Å²) in [5.41, 5.74) is 1.39. The summed E-state index contributed by atoms with van der Waals surface area (Å²) in [6.07, 6.45) is 4.76. The summed E-state index contributed by atoms with van der Waals surface area (Å²) < 4.78 is 1.58. The predicted octanol–water partition coefficient (Wildman–Crippen LogP) is 3.84. The number of ketones is 1. The van der Waals surface area contributed by atoms with E-state index in [4.69, 9.17) is 0 Å². The van der Waals surface area contributed by atoms with Crippen molar-refractivity contribution >= 4 is 17.2 Å². The van der Waals surface area contributed by atoms with Gasteiger partial charge in [0.1, 0.15) is 5.69 Å². The lowest BCUT2D eigenvalue weighted by atomic mass is 9.91. The second-order valence-electron chi connectivity index (χ2n) is 7.57. The van der Waals surface area contributed by atoms with Crippen LogP contribution in [0.25, 0.3) is 0 Å². The molecule has 1 aliphatic rings. The standard InChI is InChI=1S/C23H21N5O3/c1-26-13-11-25-23(26)22(29)17-9-10-20(21(14-17)28(30)31)27-12-5-8-19(27)18(15-24)16-6-3-2-4-7-16/h2-4,6-7,9-11,13-14,18-19H,5,8,12H2,1H3. The number of carbonyl (C=O) groups excluding carboxylic acids is 1. The largest absolute Gasteiger partial charge is 0.361 e. The van der Waals surface area contributed by atoms with Gasteiger partial charge in [-0.25, -0.2) is 4.98 Å². The number of hydrogen-bond donors (Lipinski definition) is 0. The summed E-state index contributed by atoms with van der Waals surface area (Å²) in [5, 5.41) is 21.8. The molecule has 2 aromatic carbocycles. The zero-order chi connectivity index (χ0) is 22.0. The van der Waals surface area contributed by atoms with Gasteiger partial charge in [-0.2, -0.15) is 5.26 Å². The molecule has 1 fully saturated rings. The van der Waals surface area contributed by atoms with E-state index in [1.165, 1.54) is 12.3 Å². The SMILES string of the molecule is Cn1ccnc1C(=O)c1ccc(N2CCCC2C(C#N)c2ccccc2)c([N+](=O)[O-])c1. The maximum atomic E-state index is 12.8. The number of benzene rings is 2. The summed E-state index contributed by atoms with van der Waals surface area (Å²) in [4.78, 5) is 30.2. The van der Waals surface area contributed by atoms with E-state index in [9.17, 15) is 20.2 Å². The number of nitrogens with zero attached hydrogens (tertiary/aromatic N) is 5. The van der Waals surface area contributed by atoms with Crippen LogP contribution < -0.4 is 4.90 Å². The molecule has 0 bridgehead atoms. The van der Waals surface area contributed by atoms with Crippen molar-refractivity contribution in [2.24, 2.45) is 7.05 Å². The van der Waals surface area contributed by atoms with Crippen LogP contribution in [0, 0.1) is 21.4 Å². The number of rotatable bonds is 6. The molecule has 8 heteroatoms. The minimum atomic E-state index is -0.468. The number of nitro benzene ring substituents is 1. The van der Waals surface area contributed by atoms with Gasteiger partial charge in [0.2, 0.25) is 5.78 Å². The summed E-state index contributed by atoms with van der Waals surface area (Å²) in [5.74, 6) is -0.564. The van der Waals surface area contributed by atoms with Crippen molar-refractivity contribution in [1.82, 2.24) is 9.55 Å². The van der Waals surface area contributed by atoms with Gasteiger partial charge in [0.25, 0.3) is 5.69 Å². The van der Waals surface area contributed by atoms with Crippen LogP contribution in [0.1, 0.15) is 40.5 Å². The highest BCUT2D eigenvalue weighted by atomic mass is 16.6. The number of hydrogen-bond acceptors (Lipinski definition) is 6. The number of aryl methyl sites for hydroxylation is 1. The van der Waals surface area contributed by atoms with Gasteiger partial charge in [0.05, 0.1) is 16.9 Å². The summed E-state index contributed by atoms with van der Waals surface area (Å²) in [7, 11) is 1.70. The van der Waals surface area contributed by atoms with E-state index in [0.717, 1.165) is 18.4 Å². The molecule has 1 aromatic heterocycles. The lowest BCUT2D eigenvalue weighted by Gasteiger charge is -2.30. The molecule has 0 spiro atoms. The molecule has 2 heterocycles. The summed E-state index contributed by atoms with van der Waals surface area (Å²) in [6, 6.07) is 16.2. The van der Waals surface area contributed by atoms with E-state index in [1.54, 1.807) is 29.9 Å². The zero-order valence-corrected chi connectivity index (χ0v) is 17.0. The first-order chi connectivity index (χ1) is 15.0. The van der Waals surface area contributed by atoms with Crippen LogP contribution in [0.5, 0.6) is 0 Å². The van der Waals surface area contributed by atoms with Gasteiger partial charge in [0, 0.05) is 43.7 Å². The van der Waals surface area contributed by atoms with Gasteiger partial charge < -0.3 is 9.47 Å². The van der Waals surface area contributed by atoms with Crippen LogP contribution in [0.15, 0.2) is 60.9 Å². The smallest absolute Gasteiger partial charge is 0.293 e. The minimum Gasteiger partial charge on any atom is -0.361 e. The van der Waals surface area contributed by atoms with E-state index in [-0.39, 0.29) is 28.9 Å². The third kappa shape index (κ3) is 3.78. The van der Waals surface area contributed by atoms with E-state index in [0.29, 0.717) is 12.2 Å². The normalized spacial score (nSPS) is 16.6.